The zero-order valence-corrected chi connectivity index (χ0v) is 12.6. The summed E-state index contributed by atoms with van der Waals surface area (Å²) < 4.78 is 0. The van der Waals surface area contributed by atoms with E-state index >= 15 is 0 Å². The third kappa shape index (κ3) is 2.67. The molecule has 0 radical (unpaired) electrons. The molecule has 20 heavy (non-hydrogen) atoms. The first-order valence-electron chi connectivity index (χ1n) is 6.89. The Bertz CT molecular complexity index is 628. The van der Waals surface area contributed by atoms with Crippen molar-refractivity contribution in [3.63, 3.8) is 0 Å². The Hall–Kier alpha value is -1.52. The molecule has 1 unspecified atom stereocenters. The Morgan fingerprint density at radius 2 is 2.10 bits per heavy atom. The van der Waals surface area contributed by atoms with Crippen LogP contribution in [0.2, 0.25) is 0 Å². The molecule has 1 aliphatic rings. The molecule has 0 bridgehead atoms. The third-order valence-electron chi connectivity index (χ3n) is 3.87. The lowest BCUT2D eigenvalue weighted by Gasteiger charge is -2.24. The Balaban J connectivity index is 1.70. The minimum absolute atomic E-state index is 0.0746. The van der Waals surface area contributed by atoms with Crippen LogP contribution in [0.3, 0.4) is 0 Å². The van der Waals surface area contributed by atoms with Gasteiger partial charge in [0.2, 0.25) is 0 Å². The average Bonchev–Trinajstić information content (AvgIpc) is 2.76. The van der Waals surface area contributed by atoms with Crippen molar-refractivity contribution < 1.29 is 4.79 Å². The summed E-state index contributed by atoms with van der Waals surface area (Å²) in [7, 11) is 0. The molecule has 1 atom stereocenters. The van der Waals surface area contributed by atoms with Gasteiger partial charge in [-0.3, -0.25) is 4.79 Å². The van der Waals surface area contributed by atoms with E-state index in [0.29, 0.717) is 6.42 Å². The molecule has 0 aliphatic carbocycles. The number of carbonyl (C=O) groups excluding carboxylic acids is 1. The maximum Gasteiger partial charge on any atom is 0.156 e. The van der Waals surface area contributed by atoms with Crippen LogP contribution in [-0.2, 0) is 24.2 Å². The van der Waals surface area contributed by atoms with E-state index in [9.17, 15) is 4.79 Å². The van der Waals surface area contributed by atoms with Gasteiger partial charge in [0.25, 0.3) is 0 Å². The number of fused-ring (bicyclic) bond motifs is 1. The quantitative estimate of drug-likeness (QED) is 0.943. The second kappa shape index (κ2) is 5.46. The largest absolute Gasteiger partial charge is 0.303 e. The van der Waals surface area contributed by atoms with E-state index < -0.39 is 0 Å². The van der Waals surface area contributed by atoms with E-state index in [2.05, 4.69) is 29.4 Å². The lowest BCUT2D eigenvalue weighted by molar-refractivity contribution is -0.120. The molecule has 4 heteroatoms. The van der Waals surface area contributed by atoms with Crippen LogP contribution in [0.15, 0.2) is 24.3 Å². The number of rotatable bonds is 3. The van der Waals surface area contributed by atoms with E-state index in [4.69, 9.17) is 0 Å². The number of aromatic nitrogens is 1. The monoisotopic (exact) mass is 286 g/mol. The second-order valence-corrected chi connectivity index (χ2v) is 6.59. The Morgan fingerprint density at radius 3 is 2.80 bits per heavy atom. The van der Waals surface area contributed by atoms with Gasteiger partial charge in [-0.1, -0.05) is 24.3 Å². The Kier molecular flexibility index (Phi) is 3.68. The lowest BCUT2D eigenvalue weighted by atomic mass is 9.93. The molecule has 2 aromatic rings. The van der Waals surface area contributed by atoms with Gasteiger partial charge in [0.15, 0.2) is 5.78 Å². The predicted octanol–water partition coefficient (Wildman–Crippen LogP) is 2.59. The fraction of sp³-hybridized carbons (Fsp3) is 0.375. The standard InChI is InChI=1S/C16H18N2OS/c1-10-11(2)20-16(18-10)8-15(19)14-7-12-5-3-4-6-13(12)9-17-14/h3-6,14,17H,7-9H2,1-2H3. The van der Waals surface area contributed by atoms with Crippen molar-refractivity contribution in [3.8, 4) is 0 Å². The number of carbonyl (C=O) groups is 1. The third-order valence-corrected chi connectivity index (χ3v) is 4.94. The molecule has 0 saturated heterocycles. The first-order valence-corrected chi connectivity index (χ1v) is 7.71. The van der Waals surface area contributed by atoms with Crippen molar-refractivity contribution in [2.24, 2.45) is 0 Å². The molecule has 0 spiro atoms. The number of nitrogens with zero attached hydrogens (tertiary/aromatic N) is 1. The van der Waals surface area contributed by atoms with Gasteiger partial charge in [-0.2, -0.15) is 0 Å². The van der Waals surface area contributed by atoms with Crippen LogP contribution < -0.4 is 5.32 Å². The number of nitrogens with one attached hydrogen (secondary N) is 1. The van der Waals surface area contributed by atoms with Crippen molar-refractivity contribution in [1.82, 2.24) is 10.3 Å². The molecule has 3 rings (SSSR count). The van der Waals surface area contributed by atoms with Crippen LogP contribution in [0.4, 0.5) is 0 Å². The summed E-state index contributed by atoms with van der Waals surface area (Å²) in [6, 6.07) is 8.25. The van der Waals surface area contributed by atoms with E-state index in [1.807, 2.05) is 19.1 Å². The minimum Gasteiger partial charge on any atom is -0.303 e. The van der Waals surface area contributed by atoms with Crippen LogP contribution in [0.1, 0.15) is 26.7 Å². The summed E-state index contributed by atoms with van der Waals surface area (Å²) in [4.78, 5) is 18.1. The smallest absolute Gasteiger partial charge is 0.156 e. The summed E-state index contributed by atoms with van der Waals surface area (Å²) in [5.74, 6) is 0.244. The van der Waals surface area contributed by atoms with Gasteiger partial charge in [-0.15, -0.1) is 11.3 Å². The highest BCUT2D eigenvalue weighted by Crippen LogP contribution is 2.20. The number of thiazole rings is 1. The minimum atomic E-state index is -0.0746. The SMILES string of the molecule is Cc1nc(CC(=O)C2Cc3ccccc3CN2)sc1C. The highest BCUT2D eigenvalue weighted by molar-refractivity contribution is 7.11. The molecule has 0 fully saturated rings. The number of hydrogen-bond donors (Lipinski definition) is 1. The normalized spacial score (nSPS) is 17.8. The molecular formula is C16H18N2OS. The van der Waals surface area contributed by atoms with Crippen LogP contribution in [0.5, 0.6) is 0 Å². The Morgan fingerprint density at radius 1 is 1.35 bits per heavy atom. The van der Waals surface area contributed by atoms with Crippen molar-refractivity contribution in [2.75, 3.05) is 0 Å². The number of ketones is 1. The maximum absolute atomic E-state index is 12.4. The summed E-state index contributed by atoms with van der Waals surface area (Å²) in [5.41, 5.74) is 3.63. The summed E-state index contributed by atoms with van der Waals surface area (Å²) >= 11 is 1.63. The maximum atomic E-state index is 12.4. The van der Waals surface area contributed by atoms with E-state index in [1.54, 1.807) is 11.3 Å². The molecule has 1 aromatic carbocycles. The number of benzene rings is 1. The highest BCUT2D eigenvalue weighted by atomic mass is 32.1. The zero-order valence-electron chi connectivity index (χ0n) is 11.8. The Labute approximate surface area is 123 Å². The van der Waals surface area contributed by atoms with Crippen LogP contribution in [0, 0.1) is 13.8 Å². The van der Waals surface area contributed by atoms with Crippen molar-refractivity contribution in [1.29, 1.82) is 0 Å². The molecule has 0 amide bonds. The van der Waals surface area contributed by atoms with Gasteiger partial charge < -0.3 is 5.32 Å². The number of aryl methyl sites for hydroxylation is 2. The van der Waals surface area contributed by atoms with Gasteiger partial charge in [-0.05, 0) is 31.4 Å². The first-order chi connectivity index (χ1) is 9.63. The van der Waals surface area contributed by atoms with Gasteiger partial charge in [0, 0.05) is 11.4 Å². The molecule has 1 aliphatic heterocycles. The number of hydrogen-bond acceptors (Lipinski definition) is 4. The molecule has 0 saturated carbocycles. The molecule has 2 heterocycles. The van der Waals surface area contributed by atoms with Crippen molar-refractivity contribution >= 4 is 17.1 Å². The highest BCUT2D eigenvalue weighted by Gasteiger charge is 2.24. The van der Waals surface area contributed by atoms with E-state index in [-0.39, 0.29) is 11.8 Å². The molecule has 1 N–H and O–H groups in total. The first kappa shape index (κ1) is 13.5. The van der Waals surface area contributed by atoms with Crippen LogP contribution >= 0.6 is 11.3 Å². The van der Waals surface area contributed by atoms with Crippen molar-refractivity contribution in [3.05, 3.63) is 51.0 Å². The molecule has 1 aromatic heterocycles. The lowest BCUT2D eigenvalue weighted by Crippen LogP contribution is -2.42. The summed E-state index contributed by atoms with van der Waals surface area (Å²) in [5, 5.41) is 4.28. The van der Waals surface area contributed by atoms with E-state index in [1.165, 1.54) is 16.0 Å². The van der Waals surface area contributed by atoms with Crippen molar-refractivity contribution in [2.45, 2.75) is 39.3 Å². The second-order valence-electron chi connectivity index (χ2n) is 5.30. The average molecular weight is 286 g/mol. The predicted molar refractivity (Wildman–Crippen MR) is 81.1 cm³/mol. The summed E-state index contributed by atoms with van der Waals surface area (Å²) in [6.07, 6.45) is 1.23. The molecule has 104 valence electrons. The van der Waals surface area contributed by atoms with Gasteiger partial charge >= 0.3 is 0 Å². The van der Waals surface area contributed by atoms with Gasteiger partial charge in [-0.25, -0.2) is 4.98 Å². The topological polar surface area (TPSA) is 42.0 Å². The fourth-order valence-electron chi connectivity index (χ4n) is 2.57. The fourth-order valence-corrected chi connectivity index (χ4v) is 3.51. The summed E-state index contributed by atoms with van der Waals surface area (Å²) in [6.45, 7) is 4.83. The zero-order chi connectivity index (χ0) is 14.1. The van der Waals surface area contributed by atoms with E-state index in [0.717, 1.165) is 23.7 Å². The van der Waals surface area contributed by atoms with Crippen LogP contribution in [-0.4, -0.2) is 16.8 Å². The van der Waals surface area contributed by atoms with Gasteiger partial charge in [0.05, 0.1) is 18.2 Å². The van der Waals surface area contributed by atoms with Gasteiger partial charge in [0.1, 0.15) is 5.01 Å². The van der Waals surface area contributed by atoms with Crippen LogP contribution in [0.25, 0.3) is 0 Å². The molecule has 3 nitrogen and oxygen atoms in total. The molecular weight excluding hydrogens is 268 g/mol. The number of Topliss-reactive ketones (excluding diaryl/α,β-unsaturated/α-hetero) is 1.